The maximum absolute atomic E-state index is 13.1. The van der Waals surface area contributed by atoms with Crippen LogP contribution in [0.4, 0.5) is 0 Å². The summed E-state index contributed by atoms with van der Waals surface area (Å²) in [5.74, 6) is -0.271. The summed E-state index contributed by atoms with van der Waals surface area (Å²) in [5.41, 5.74) is 0.580. The van der Waals surface area contributed by atoms with E-state index in [1.54, 1.807) is 11.0 Å². The van der Waals surface area contributed by atoms with Crippen molar-refractivity contribution in [3.63, 3.8) is 0 Å². The predicted molar refractivity (Wildman–Crippen MR) is 110 cm³/mol. The molecule has 1 aromatic carbocycles. The molecule has 9 heteroatoms. The van der Waals surface area contributed by atoms with Gasteiger partial charge in [0, 0.05) is 32.2 Å². The predicted octanol–water partition coefficient (Wildman–Crippen LogP) is 2.13. The summed E-state index contributed by atoms with van der Waals surface area (Å²) in [5, 5.41) is 0. The normalized spacial score (nSPS) is 20.8. The fourth-order valence-electron chi connectivity index (χ4n) is 4.12. The Morgan fingerprint density at radius 2 is 1.79 bits per heavy atom. The first-order chi connectivity index (χ1) is 13.7. The second-order valence-corrected chi connectivity index (χ2v) is 9.86. The number of amides is 1. The lowest BCUT2D eigenvalue weighted by Crippen LogP contribution is -2.42. The first kappa shape index (κ1) is 21.6. The van der Waals surface area contributed by atoms with Crippen molar-refractivity contribution >= 4 is 27.0 Å². The molecular weight excluding hydrogens is 394 g/mol. The van der Waals surface area contributed by atoms with Crippen LogP contribution in [0.2, 0.25) is 0 Å². The van der Waals surface area contributed by atoms with Gasteiger partial charge in [-0.2, -0.15) is 4.31 Å². The van der Waals surface area contributed by atoms with Crippen LogP contribution in [0.1, 0.15) is 34.1 Å². The Labute approximate surface area is 171 Å². The molecule has 0 unspecified atom stereocenters. The average molecular weight is 424 g/mol. The molecule has 1 aliphatic heterocycles. The van der Waals surface area contributed by atoms with Crippen LogP contribution in [-0.4, -0.2) is 54.3 Å². The molecule has 1 fully saturated rings. The van der Waals surface area contributed by atoms with Crippen molar-refractivity contribution in [2.75, 3.05) is 26.2 Å². The monoisotopic (exact) mass is 423 g/mol. The molecule has 3 rings (SSSR count). The van der Waals surface area contributed by atoms with Crippen LogP contribution in [0.15, 0.2) is 32.3 Å². The van der Waals surface area contributed by atoms with Gasteiger partial charge in [-0.15, -0.1) is 0 Å². The number of benzene rings is 1. The van der Waals surface area contributed by atoms with E-state index in [1.807, 2.05) is 27.7 Å². The molecule has 0 radical (unpaired) electrons. The van der Waals surface area contributed by atoms with Gasteiger partial charge >= 0.3 is 5.76 Å². The first-order valence-corrected chi connectivity index (χ1v) is 11.5. The van der Waals surface area contributed by atoms with Gasteiger partial charge in [0.25, 0.3) is 0 Å². The largest absolute Gasteiger partial charge is 0.420 e. The minimum atomic E-state index is -3.68. The van der Waals surface area contributed by atoms with Gasteiger partial charge in [0.2, 0.25) is 15.9 Å². The van der Waals surface area contributed by atoms with Crippen LogP contribution < -0.4 is 5.76 Å². The van der Waals surface area contributed by atoms with Crippen LogP contribution in [0.5, 0.6) is 0 Å². The summed E-state index contributed by atoms with van der Waals surface area (Å²) in [6.45, 7) is 9.77. The van der Waals surface area contributed by atoms with Gasteiger partial charge in [-0.3, -0.25) is 9.36 Å². The summed E-state index contributed by atoms with van der Waals surface area (Å²) in [7, 11) is -3.68. The van der Waals surface area contributed by atoms with Gasteiger partial charge < -0.3 is 9.32 Å². The molecule has 29 heavy (non-hydrogen) atoms. The van der Waals surface area contributed by atoms with Gasteiger partial charge in [0.15, 0.2) is 5.58 Å². The molecule has 2 heterocycles. The Balaban J connectivity index is 1.94. The molecule has 0 N–H and O–H groups in total. The highest BCUT2D eigenvalue weighted by Crippen LogP contribution is 2.28. The van der Waals surface area contributed by atoms with Gasteiger partial charge in [0.05, 0.1) is 10.4 Å². The molecule has 1 amide bonds. The number of hydrogen-bond acceptors (Lipinski definition) is 5. The van der Waals surface area contributed by atoms with Crippen molar-refractivity contribution in [1.29, 1.82) is 0 Å². The number of oxazole rings is 1. The third-order valence-corrected chi connectivity index (χ3v) is 7.35. The fourth-order valence-corrected chi connectivity index (χ4v) is 5.82. The van der Waals surface area contributed by atoms with Crippen molar-refractivity contribution in [3.05, 3.63) is 28.7 Å². The summed E-state index contributed by atoms with van der Waals surface area (Å²) in [4.78, 5) is 26.4. The van der Waals surface area contributed by atoms with E-state index < -0.39 is 15.8 Å². The van der Waals surface area contributed by atoms with Crippen molar-refractivity contribution in [1.82, 2.24) is 13.8 Å². The summed E-state index contributed by atoms with van der Waals surface area (Å²) in [6.07, 6.45) is 1.00. The van der Waals surface area contributed by atoms with Gasteiger partial charge in [-0.1, -0.05) is 13.8 Å². The zero-order chi connectivity index (χ0) is 21.3. The maximum Gasteiger partial charge on any atom is 0.420 e. The number of aromatic nitrogens is 1. The van der Waals surface area contributed by atoms with E-state index in [-0.39, 0.29) is 22.9 Å². The zero-order valence-corrected chi connectivity index (χ0v) is 18.2. The number of rotatable bonds is 6. The lowest BCUT2D eigenvalue weighted by molar-refractivity contribution is -0.131. The molecule has 8 nitrogen and oxygen atoms in total. The lowest BCUT2D eigenvalue weighted by atomic mass is 9.94. The lowest BCUT2D eigenvalue weighted by Gasteiger charge is -2.34. The quantitative estimate of drug-likeness (QED) is 0.710. The summed E-state index contributed by atoms with van der Waals surface area (Å²) >= 11 is 0. The Morgan fingerprint density at radius 3 is 2.38 bits per heavy atom. The minimum Gasteiger partial charge on any atom is -0.408 e. The molecule has 0 bridgehead atoms. The smallest absolute Gasteiger partial charge is 0.408 e. The first-order valence-electron chi connectivity index (χ1n) is 10.1. The maximum atomic E-state index is 13.1. The molecular formula is C20H29N3O5S. The van der Waals surface area contributed by atoms with Gasteiger partial charge in [-0.05, 0) is 44.2 Å². The second-order valence-electron chi connectivity index (χ2n) is 7.92. The molecule has 2 aromatic rings. The van der Waals surface area contributed by atoms with Crippen LogP contribution in [0, 0.1) is 11.8 Å². The Morgan fingerprint density at radius 1 is 1.17 bits per heavy atom. The third-order valence-electron chi connectivity index (χ3n) is 5.52. The molecule has 0 aliphatic carbocycles. The van der Waals surface area contributed by atoms with Crippen LogP contribution >= 0.6 is 0 Å². The van der Waals surface area contributed by atoms with E-state index in [0.717, 1.165) is 6.42 Å². The van der Waals surface area contributed by atoms with E-state index >= 15 is 0 Å². The molecule has 0 spiro atoms. The van der Waals surface area contributed by atoms with Crippen LogP contribution in [0.3, 0.4) is 0 Å². The standard InChI is InChI=1S/C20H29N3O5S/c1-5-21(6-2)19(24)13-23-17-8-7-16(10-18(17)28-20(23)25)29(26,27)22-11-14(3)9-15(4)12-22/h7-8,10,14-15H,5-6,9,11-13H2,1-4H3/t14-,15-/m0/s1. The fraction of sp³-hybridized carbons (Fsp3) is 0.600. The molecule has 160 valence electrons. The number of nitrogens with zero attached hydrogens (tertiary/aromatic N) is 3. The molecule has 1 aromatic heterocycles. The number of sulfonamides is 1. The van der Waals surface area contributed by atoms with Gasteiger partial charge in [-0.25, -0.2) is 13.2 Å². The average Bonchev–Trinajstić information content (AvgIpc) is 2.96. The zero-order valence-electron chi connectivity index (χ0n) is 17.4. The summed E-state index contributed by atoms with van der Waals surface area (Å²) in [6, 6.07) is 4.41. The molecule has 1 saturated heterocycles. The number of carbonyl (C=O) groups is 1. The Bertz CT molecular complexity index is 1040. The van der Waals surface area contributed by atoms with E-state index in [1.165, 1.54) is 21.0 Å². The van der Waals surface area contributed by atoms with E-state index in [4.69, 9.17) is 4.42 Å². The molecule has 1 aliphatic rings. The van der Waals surface area contributed by atoms with Gasteiger partial charge in [0.1, 0.15) is 6.54 Å². The molecule has 2 atom stereocenters. The van der Waals surface area contributed by atoms with E-state index in [9.17, 15) is 18.0 Å². The van der Waals surface area contributed by atoms with Crippen LogP contribution in [-0.2, 0) is 21.4 Å². The number of piperidine rings is 1. The number of hydrogen-bond donors (Lipinski definition) is 0. The number of fused-ring (bicyclic) bond motifs is 1. The summed E-state index contributed by atoms with van der Waals surface area (Å²) < 4.78 is 34.2. The highest BCUT2D eigenvalue weighted by Gasteiger charge is 2.32. The minimum absolute atomic E-state index is 0.0993. The van der Waals surface area contributed by atoms with Crippen molar-refractivity contribution < 1.29 is 17.6 Å². The van der Waals surface area contributed by atoms with E-state index in [2.05, 4.69) is 0 Å². The third kappa shape index (κ3) is 4.25. The number of carbonyl (C=O) groups excluding carboxylic acids is 1. The highest BCUT2D eigenvalue weighted by molar-refractivity contribution is 7.89. The highest BCUT2D eigenvalue weighted by atomic mass is 32.2. The topological polar surface area (TPSA) is 92.8 Å². The SMILES string of the molecule is CCN(CC)C(=O)Cn1c(=O)oc2cc(S(=O)(=O)N3C[C@@H](C)C[C@H](C)C3)ccc21. The van der Waals surface area contributed by atoms with Crippen molar-refractivity contribution in [2.45, 2.75) is 45.6 Å². The van der Waals surface area contributed by atoms with Crippen molar-refractivity contribution in [2.24, 2.45) is 11.8 Å². The second kappa shape index (κ2) is 8.31. The molecule has 0 saturated carbocycles. The van der Waals surface area contributed by atoms with E-state index in [0.29, 0.717) is 43.5 Å². The Hall–Kier alpha value is -2.13. The van der Waals surface area contributed by atoms with Crippen LogP contribution in [0.25, 0.3) is 11.1 Å². The number of likely N-dealkylation sites (N-methyl/N-ethyl adjacent to an activating group) is 1. The van der Waals surface area contributed by atoms with Crippen molar-refractivity contribution in [3.8, 4) is 0 Å². The Kier molecular flexibility index (Phi) is 6.19.